The number of amides is 3. The van der Waals surface area contributed by atoms with E-state index in [1.54, 1.807) is 6.20 Å². The van der Waals surface area contributed by atoms with Gasteiger partial charge in [-0.25, -0.2) is 4.79 Å². The first kappa shape index (κ1) is 31.4. The molecule has 0 saturated carbocycles. The normalized spacial score (nSPS) is 17.0. The molecule has 1 aromatic heterocycles. The SMILES string of the molecule is CC(C)CC(NC(=O)C(CCCN=C(N)N)NC(=O)C(Cc1c[nH]c2ccccc12)NC(=O)C1CCCN1)C(=O)O. The van der Waals surface area contributed by atoms with Crippen molar-refractivity contribution in [3.8, 4) is 0 Å². The topological polar surface area (TPSA) is 217 Å². The molecule has 224 valence electrons. The second-order valence-electron chi connectivity index (χ2n) is 10.8. The number of carbonyl (C=O) groups is 4. The molecule has 3 rings (SSSR count). The van der Waals surface area contributed by atoms with Gasteiger partial charge in [0.2, 0.25) is 17.7 Å². The Kier molecular flexibility index (Phi) is 11.5. The molecule has 0 aliphatic carbocycles. The van der Waals surface area contributed by atoms with Crippen LogP contribution in [0, 0.1) is 5.92 Å². The summed E-state index contributed by atoms with van der Waals surface area (Å²) in [6, 6.07) is 4.06. The lowest BCUT2D eigenvalue weighted by molar-refractivity contribution is -0.142. The van der Waals surface area contributed by atoms with Gasteiger partial charge in [-0.05, 0) is 56.2 Å². The molecule has 3 amide bonds. The lowest BCUT2D eigenvalue weighted by atomic mass is 10.0. The quantitative estimate of drug-likeness (QED) is 0.0832. The van der Waals surface area contributed by atoms with Crippen molar-refractivity contribution in [1.82, 2.24) is 26.3 Å². The van der Waals surface area contributed by atoms with Crippen molar-refractivity contribution in [2.75, 3.05) is 13.1 Å². The second kappa shape index (κ2) is 15.0. The smallest absolute Gasteiger partial charge is 0.326 e. The van der Waals surface area contributed by atoms with Crippen LogP contribution in [0.2, 0.25) is 0 Å². The summed E-state index contributed by atoms with van der Waals surface area (Å²) in [7, 11) is 0. The molecule has 2 aromatic rings. The summed E-state index contributed by atoms with van der Waals surface area (Å²) in [6.07, 6.45) is 4.23. The highest BCUT2D eigenvalue weighted by Crippen LogP contribution is 2.20. The molecule has 13 nitrogen and oxygen atoms in total. The zero-order valence-electron chi connectivity index (χ0n) is 23.6. The van der Waals surface area contributed by atoms with E-state index in [1.165, 1.54) is 0 Å². The zero-order chi connectivity index (χ0) is 29.9. The third-order valence-electron chi connectivity index (χ3n) is 7.01. The number of para-hydroxylation sites is 1. The van der Waals surface area contributed by atoms with Crippen molar-refractivity contribution >= 4 is 40.6 Å². The summed E-state index contributed by atoms with van der Waals surface area (Å²) < 4.78 is 0. The van der Waals surface area contributed by atoms with Gasteiger partial charge in [0.05, 0.1) is 6.04 Å². The average molecular weight is 571 g/mol. The van der Waals surface area contributed by atoms with Gasteiger partial charge in [0.1, 0.15) is 18.1 Å². The van der Waals surface area contributed by atoms with Gasteiger partial charge in [-0.15, -0.1) is 0 Å². The summed E-state index contributed by atoms with van der Waals surface area (Å²) in [5.74, 6) is -2.72. The van der Waals surface area contributed by atoms with Crippen LogP contribution in [0.5, 0.6) is 0 Å². The first-order chi connectivity index (χ1) is 19.5. The number of fused-ring (bicyclic) bond motifs is 1. The van der Waals surface area contributed by atoms with E-state index >= 15 is 0 Å². The Hall–Kier alpha value is -4.13. The average Bonchev–Trinajstić information content (AvgIpc) is 3.60. The van der Waals surface area contributed by atoms with Crippen LogP contribution in [0.4, 0.5) is 0 Å². The number of aromatic amines is 1. The zero-order valence-corrected chi connectivity index (χ0v) is 23.6. The van der Waals surface area contributed by atoms with E-state index < -0.39 is 42.0 Å². The summed E-state index contributed by atoms with van der Waals surface area (Å²) >= 11 is 0. The van der Waals surface area contributed by atoms with E-state index in [1.807, 2.05) is 38.1 Å². The number of carboxylic acid groups (broad SMARTS) is 1. The van der Waals surface area contributed by atoms with Gasteiger partial charge in [-0.3, -0.25) is 19.4 Å². The Balaban J connectivity index is 1.82. The van der Waals surface area contributed by atoms with Crippen LogP contribution in [0.15, 0.2) is 35.5 Å². The molecule has 0 bridgehead atoms. The maximum Gasteiger partial charge on any atom is 0.326 e. The second-order valence-corrected chi connectivity index (χ2v) is 10.8. The number of benzene rings is 1. The largest absolute Gasteiger partial charge is 0.480 e. The number of H-pyrrole nitrogens is 1. The Morgan fingerprint density at radius 3 is 2.41 bits per heavy atom. The maximum atomic E-state index is 13.7. The van der Waals surface area contributed by atoms with Crippen LogP contribution in [0.1, 0.15) is 51.5 Å². The Bertz CT molecular complexity index is 1230. The fourth-order valence-corrected chi connectivity index (χ4v) is 4.92. The highest BCUT2D eigenvalue weighted by atomic mass is 16.4. The monoisotopic (exact) mass is 570 g/mol. The Morgan fingerprint density at radius 1 is 1.05 bits per heavy atom. The molecule has 4 unspecified atom stereocenters. The van der Waals surface area contributed by atoms with E-state index in [9.17, 15) is 24.3 Å². The third-order valence-corrected chi connectivity index (χ3v) is 7.01. The minimum absolute atomic E-state index is 0.0197. The van der Waals surface area contributed by atoms with Gasteiger partial charge in [0, 0.05) is 30.1 Å². The predicted molar refractivity (Wildman–Crippen MR) is 156 cm³/mol. The van der Waals surface area contributed by atoms with Crippen molar-refractivity contribution in [2.45, 2.75) is 76.5 Å². The van der Waals surface area contributed by atoms with Crippen LogP contribution in [0.25, 0.3) is 10.9 Å². The van der Waals surface area contributed by atoms with Crippen molar-refractivity contribution in [1.29, 1.82) is 0 Å². The lowest BCUT2D eigenvalue weighted by Crippen LogP contribution is -2.57. The number of rotatable bonds is 15. The molecule has 13 heteroatoms. The summed E-state index contributed by atoms with van der Waals surface area (Å²) in [6.45, 7) is 4.65. The van der Waals surface area contributed by atoms with Crippen LogP contribution < -0.4 is 32.7 Å². The first-order valence-electron chi connectivity index (χ1n) is 14.0. The van der Waals surface area contributed by atoms with Gasteiger partial charge < -0.3 is 42.8 Å². The van der Waals surface area contributed by atoms with Gasteiger partial charge in [-0.1, -0.05) is 32.0 Å². The van der Waals surface area contributed by atoms with E-state index in [0.29, 0.717) is 12.8 Å². The minimum atomic E-state index is -1.16. The molecule has 41 heavy (non-hydrogen) atoms. The number of aliphatic carboxylic acids is 1. The number of nitrogens with zero attached hydrogens (tertiary/aromatic N) is 1. The number of carboxylic acids is 1. The van der Waals surface area contributed by atoms with Gasteiger partial charge >= 0.3 is 5.97 Å². The fraction of sp³-hybridized carbons (Fsp3) is 0.536. The molecule has 2 heterocycles. The molecule has 1 fully saturated rings. The number of hydrogen-bond donors (Lipinski definition) is 8. The summed E-state index contributed by atoms with van der Waals surface area (Å²) in [4.78, 5) is 58.9. The minimum Gasteiger partial charge on any atom is -0.480 e. The van der Waals surface area contributed by atoms with Crippen molar-refractivity contribution in [3.63, 3.8) is 0 Å². The summed E-state index contributed by atoms with van der Waals surface area (Å²) in [5, 5.41) is 21.9. The highest BCUT2D eigenvalue weighted by molar-refractivity contribution is 5.95. The van der Waals surface area contributed by atoms with Crippen LogP contribution in [0.3, 0.4) is 0 Å². The van der Waals surface area contributed by atoms with Crippen molar-refractivity contribution in [3.05, 3.63) is 36.0 Å². The number of guanidine groups is 1. The molecule has 1 aliphatic heterocycles. The maximum absolute atomic E-state index is 13.7. The molecule has 10 N–H and O–H groups in total. The van der Waals surface area contributed by atoms with E-state index in [4.69, 9.17) is 11.5 Å². The Morgan fingerprint density at radius 2 is 1.76 bits per heavy atom. The number of nitrogens with two attached hydrogens (primary N) is 2. The third kappa shape index (κ3) is 9.48. The number of nitrogens with one attached hydrogen (secondary N) is 5. The van der Waals surface area contributed by atoms with Crippen molar-refractivity contribution < 1.29 is 24.3 Å². The molecular formula is C28H42N8O5. The van der Waals surface area contributed by atoms with Gasteiger partial charge in [0.15, 0.2) is 5.96 Å². The molecule has 4 atom stereocenters. The van der Waals surface area contributed by atoms with Gasteiger partial charge in [-0.2, -0.15) is 0 Å². The van der Waals surface area contributed by atoms with E-state index in [2.05, 4.69) is 31.2 Å². The molecule has 0 spiro atoms. The van der Waals surface area contributed by atoms with Gasteiger partial charge in [0.25, 0.3) is 0 Å². The van der Waals surface area contributed by atoms with Crippen LogP contribution >= 0.6 is 0 Å². The number of carbonyl (C=O) groups excluding carboxylic acids is 3. The standard InChI is InChI=1S/C28H42N8O5/c1-16(2)13-23(27(40)41)36-25(38)21(10-6-12-32-28(29)30)34-26(39)22(35-24(37)20-9-5-11-31-20)14-17-15-33-19-8-4-3-7-18(17)19/h3-4,7-8,15-16,20-23,31,33H,5-6,9-14H2,1-2H3,(H,34,39)(H,35,37)(H,36,38)(H,40,41)(H4,29,30,32). The number of aromatic nitrogens is 1. The molecular weight excluding hydrogens is 528 g/mol. The Labute approximate surface area is 239 Å². The molecule has 1 saturated heterocycles. The van der Waals surface area contributed by atoms with E-state index in [0.717, 1.165) is 29.4 Å². The molecule has 1 aromatic carbocycles. The van der Waals surface area contributed by atoms with Crippen LogP contribution in [-0.4, -0.2) is 77.0 Å². The van der Waals surface area contributed by atoms with Crippen molar-refractivity contribution in [2.24, 2.45) is 22.4 Å². The number of aliphatic imine (C=N–C) groups is 1. The first-order valence-corrected chi connectivity index (χ1v) is 14.0. The lowest BCUT2D eigenvalue weighted by Gasteiger charge is -2.25. The fourth-order valence-electron chi connectivity index (χ4n) is 4.92. The number of hydrogen-bond acceptors (Lipinski definition) is 6. The summed E-state index contributed by atoms with van der Waals surface area (Å²) in [5.41, 5.74) is 12.5. The van der Waals surface area contributed by atoms with Crippen LogP contribution in [-0.2, 0) is 25.6 Å². The van der Waals surface area contributed by atoms with E-state index in [-0.39, 0.29) is 43.6 Å². The highest BCUT2D eigenvalue weighted by Gasteiger charge is 2.32. The predicted octanol–water partition coefficient (Wildman–Crippen LogP) is 0.101. The molecule has 1 aliphatic rings. The molecule has 0 radical (unpaired) electrons.